The average Bonchev–Trinajstić information content (AvgIpc) is 2.59. The molecule has 0 radical (unpaired) electrons. The third-order valence-electron chi connectivity index (χ3n) is 3.81. The lowest BCUT2D eigenvalue weighted by atomic mass is 9.87. The van der Waals surface area contributed by atoms with Crippen LogP contribution in [-0.4, -0.2) is 33.5 Å². The van der Waals surface area contributed by atoms with E-state index in [1.54, 1.807) is 34.5 Å². The van der Waals surface area contributed by atoms with Crippen LogP contribution >= 0.6 is 0 Å². The van der Waals surface area contributed by atoms with Gasteiger partial charge >= 0.3 is 0 Å². The highest BCUT2D eigenvalue weighted by molar-refractivity contribution is 5.48. The first-order chi connectivity index (χ1) is 10.7. The fourth-order valence-electron chi connectivity index (χ4n) is 2.75. The number of aliphatic hydroxyl groups excluding tert-OH is 1. The summed E-state index contributed by atoms with van der Waals surface area (Å²) in [5, 5.41) is 10.9. The molecule has 0 aliphatic heterocycles. The van der Waals surface area contributed by atoms with Gasteiger partial charge in [0.15, 0.2) is 17.3 Å². The van der Waals surface area contributed by atoms with Crippen LogP contribution in [0.15, 0.2) is 41.9 Å². The second-order valence-electron chi connectivity index (χ2n) is 4.91. The topological polar surface area (TPSA) is 57.2 Å². The van der Waals surface area contributed by atoms with Gasteiger partial charge in [-0.1, -0.05) is 18.2 Å². The van der Waals surface area contributed by atoms with Gasteiger partial charge in [-0.15, -0.1) is 0 Å². The highest BCUT2D eigenvalue weighted by Crippen LogP contribution is 2.42. The molecule has 1 aromatic carbocycles. The van der Waals surface area contributed by atoms with Crippen molar-refractivity contribution in [3.63, 3.8) is 0 Å². The summed E-state index contributed by atoms with van der Waals surface area (Å²) in [6, 6.07) is 5.44. The molecule has 0 spiro atoms. The van der Waals surface area contributed by atoms with E-state index in [1.165, 1.54) is 0 Å². The summed E-state index contributed by atoms with van der Waals surface area (Å²) in [6.45, 7) is 0. The van der Waals surface area contributed by atoms with Crippen LogP contribution in [0, 0.1) is 5.92 Å². The minimum Gasteiger partial charge on any atom is -0.497 e. The fraction of sp³-hybridized carbons (Fsp3) is 0.412. The molecule has 2 rings (SSSR count). The number of methoxy groups -OCH3 is 4. The van der Waals surface area contributed by atoms with E-state index in [1.807, 2.05) is 24.3 Å². The molecule has 1 aromatic rings. The number of ether oxygens (including phenoxy) is 4. The number of para-hydroxylation sites is 1. The first-order valence-electron chi connectivity index (χ1n) is 7.05. The van der Waals surface area contributed by atoms with Crippen molar-refractivity contribution in [2.45, 2.75) is 12.5 Å². The second-order valence-corrected chi connectivity index (χ2v) is 4.91. The summed E-state index contributed by atoms with van der Waals surface area (Å²) in [7, 11) is 6.29. The largest absolute Gasteiger partial charge is 0.497 e. The van der Waals surface area contributed by atoms with E-state index >= 15 is 0 Å². The van der Waals surface area contributed by atoms with Crippen LogP contribution < -0.4 is 9.47 Å². The van der Waals surface area contributed by atoms with E-state index in [-0.39, 0.29) is 5.92 Å². The fourth-order valence-corrected chi connectivity index (χ4v) is 2.75. The Morgan fingerprint density at radius 1 is 1.05 bits per heavy atom. The van der Waals surface area contributed by atoms with Crippen LogP contribution in [0.2, 0.25) is 0 Å². The van der Waals surface area contributed by atoms with Gasteiger partial charge in [-0.3, -0.25) is 0 Å². The Kier molecular flexibility index (Phi) is 5.33. The Hall–Kier alpha value is -2.14. The van der Waals surface area contributed by atoms with Gasteiger partial charge in [0.2, 0.25) is 0 Å². The van der Waals surface area contributed by atoms with Gasteiger partial charge in [0, 0.05) is 5.56 Å². The molecule has 2 unspecified atom stereocenters. The first-order valence-corrected chi connectivity index (χ1v) is 7.05. The van der Waals surface area contributed by atoms with Crippen molar-refractivity contribution in [3.05, 3.63) is 47.4 Å². The van der Waals surface area contributed by atoms with E-state index in [4.69, 9.17) is 18.9 Å². The maximum absolute atomic E-state index is 10.9. The lowest BCUT2D eigenvalue weighted by Gasteiger charge is -2.28. The lowest BCUT2D eigenvalue weighted by Crippen LogP contribution is -2.20. The smallest absolute Gasteiger partial charge is 0.166 e. The number of hydrogen-bond acceptors (Lipinski definition) is 5. The monoisotopic (exact) mass is 306 g/mol. The van der Waals surface area contributed by atoms with Crippen LogP contribution in [0.4, 0.5) is 0 Å². The highest BCUT2D eigenvalue weighted by atomic mass is 16.5. The summed E-state index contributed by atoms with van der Waals surface area (Å²) in [6.07, 6.45) is 3.67. The Labute approximate surface area is 130 Å². The predicted molar refractivity (Wildman–Crippen MR) is 82.8 cm³/mol. The maximum Gasteiger partial charge on any atom is 0.166 e. The summed E-state index contributed by atoms with van der Waals surface area (Å²) in [5.74, 6) is 2.12. The summed E-state index contributed by atoms with van der Waals surface area (Å²) >= 11 is 0. The summed E-state index contributed by atoms with van der Waals surface area (Å²) in [4.78, 5) is 0. The van der Waals surface area contributed by atoms with Gasteiger partial charge in [-0.25, -0.2) is 0 Å². The molecule has 120 valence electrons. The normalized spacial score (nSPS) is 18.9. The zero-order valence-corrected chi connectivity index (χ0v) is 13.3. The Balaban J connectivity index is 2.42. The minimum atomic E-state index is -0.796. The number of aliphatic hydroxyl groups is 1. The first kappa shape index (κ1) is 16.2. The SMILES string of the molecule is COC1=C(OC)C(C(O)c2cccc(OC)c2OC)CC=C1. The molecule has 5 heteroatoms. The van der Waals surface area contributed by atoms with E-state index in [0.717, 1.165) is 0 Å². The summed E-state index contributed by atoms with van der Waals surface area (Å²) in [5.41, 5.74) is 0.659. The molecule has 0 heterocycles. The number of hydrogen-bond donors (Lipinski definition) is 1. The van der Waals surface area contributed by atoms with E-state index < -0.39 is 6.10 Å². The lowest BCUT2D eigenvalue weighted by molar-refractivity contribution is 0.0776. The van der Waals surface area contributed by atoms with Crippen molar-refractivity contribution in [2.24, 2.45) is 5.92 Å². The third kappa shape index (κ3) is 2.90. The standard InChI is InChI=1S/C17H22O5/c1-19-13-9-5-7-11(16(13)21-3)15(18)12-8-6-10-14(20-2)17(12)22-4/h5-7,9-10,12,15,18H,8H2,1-4H3. The van der Waals surface area contributed by atoms with Crippen molar-refractivity contribution in [1.29, 1.82) is 0 Å². The molecular formula is C17H22O5. The minimum absolute atomic E-state index is 0.244. The third-order valence-corrected chi connectivity index (χ3v) is 3.81. The van der Waals surface area contributed by atoms with Crippen LogP contribution in [0.1, 0.15) is 18.1 Å². The van der Waals surface area contributed by atoms with Gasteiger partial charge in [-0.05, 0) is 18.6 Å². The molecule has 0 amide bonds. The quantitative estimate of drug-likeness (QED) is 0.876. The molecule has 0 saturated carbocycles. The number of rotatable bonds is 6. The Bertz CT molecular complexity index is 576. The van der Waals surface area contributed by atoms with E-state index in [2.05, 4.69) is 0 Å². The molecule has 0 saturated heterocycles. The molecule has 1 N–H and O–H groups in total. The van der Waals surface area contributed by atoms with Gasteiger partial charge in [0.25, 0.3) is 0 Å². The molecule has 2 atom stereocenters. The second kappa shape index (κ2) is 7.22. The zero-order chi connectivity index (χ0) is 16.1. The molecule has 5 nitrogen and oxygen atoms in total. The molecule has 22 heavy (non-hydrogen) atoms. The van der Waals surface area contributed by atoms with E-state index in [0.29, 0.717) is 35.0 Å². The molecule has 0 aromatic heterocycles. The number of benzene rings is 1. The van der Waals surface area contributed by atoms with Gasteiger partial charge in [0.05, 0.1) is 40.5 Å². The van der Waals surface area contributed by atoms with Crippen LogP contribution in [0.3, 0.4) is 0 Å². The van der Waals surface area contributed by atoms with Crippen molar-refractivity contribution in [2.75, 3.05) is 28.4 Å². The maximum atomic E-state index is 10.9. The van der Waals surface area contributed by atoms with Crippen molar-refractivity contribution < 1.29 is 24.1 Å². The average molecular weight is 306 g/mol. The molecule has 0 bridgehead atoms. The van der Waals surface area contributed by atoms with Crippen LogP contribution in [0.25, 0.3) is 0 Å². The molecule has 0 fully saturated rings. The number of allylic oxidation sites excluding steroid dienone is 2. The van der Waals surface area contributed by atoms with Crippen LogP contribution in [0.5, 0.6) is 11.5 Å². The van der Waals surface area contributed by atoms with Crippen molar-refractivity contribution in [3.8, 4) is 11.5 Å². The zero-order valence-electron chi connectivity index (χ0n) is 13.3. The van der Waals surface area contributed by atoms with Gasteiger partial charge in [-0.2, -0.15) is 0 Å². The summed E-state index contributed by atoms with van der Waals surface area (Å²) < 4.78 is 21.5. The molecule has 1 aliphatic carbocycles. The van der Waals surface area contributed by atoms with E-state index in [9.17, 15) is 5.11 Å². The predicted octanol–water partition coefficient (Wildman–Crippen LogP) is 2.82. The Morgan fingerprint density at radius 2 is 1.82 bits per heavy atom. The molecular weight excluding hydrogens is 284 g/mol. The molecule has 1 aliphatic rings. The van der Waals surface area contributed by atoms with Crippen LogP contribution in [-0.2, 0) is 9.47 Å². The van der Waals surface area contributed by atoms with Crippen molar-refractivity contribution in [1.82, 2.24) is 0 Å². The highest BCUT2D eigenvalue weighted by Gasteiger charge is 2.32. The van der Waals surface area contributed by atoms with Crippen molar-refractivity contribution >= 4 is 0 Å². The Morgan fingerprint density at radius 3 is 2.41 bits per heavy atom. The van der Waals surface area contributed by atoms with Gasteiger partial charge < -0.3 is 24.1 Å². The van der Waals surface area contributed by atoms with Gasteiger partial charge in [0.1, 0.15) is 5.76 Å².